The molecular weight excluding hydrogens is 208 g/mol. The van der Waals surface area contributed by atoms with Crippen molar-refractivity contribution in [3.8, 4) is 0 Å². The van der Waals surface area contributed by atoms with Crippen molar-refractivity contribution in [2.24, 2.45) is 5.92 Å². The minimum atomic E-state index is 0.814. The quantitative estimate of drug-likeness (QED) is 0.776. The lowest BCUT2D eigenvalue weighted by molar-refractivity contribution is 0.0664. The first-order chi connectivity index (χ1) is 7.45. The Morgan fingerprint density at radius 3 is 3.07 bits per heavy atom. The van der Waals surface area contributed by atoms with Crippen molar-refractivity contribution in [3.63, 3.8) is 0 Å². The Labute approximate surface area is 94.9 Å². The number of ether oxygens (including phenoxy) is 1. The van der Waals surface area contributed by atoms with Gasteiger partial charge in [0.05, 0.1) is 11.2 Å². The SMILES string of the molecule is c1nc(CCNCC2CCOCC2)cs1. The molecule has 1 aliphatic rings. The van der Waals surface area contributed by atoms with E-state index in [0.29, 0.717) is 0 Å². The zero-order valence-corrected chi connectivity index (χ0v) is 9.76. The van der Waals surface area contributed by atoms with E-state index in [1.54, 1.807) is 11.3 Å². The average molecular weight is 226 g/mol. The van der Waals surface area contributed by atoms with E-state index in [9.17, 15) is 0 Å². The van der Waals surface area contributed by atoms with E-state index in [1.165, 1.54) is 18.5 Å². The van der Waals surface area contributed by atoms with E-state index >= 15 is 0 Å². The summed E-state index contributed by atoms with van der Waals surface area (Å²) in [5, 5.41) is 5.62. The number of nitrogens with one attached hydrogen (secondary N) is 1. The number of thiazole rings is 1. The van der Waals surface area contributed by atoms with Gasteiger partial charge in [0, 0.05) is 31.6 Å². The standard InChI is InChI=1S/C11H18N2OS/c1(11-8-15-9-13-11)4-12-7-10-2-5-14-6-3-10/h8-10,12H,1-7H2. The Kier molecular flexibility index (Phi) is 4.57. The van der Waals surface area contributed by atoms with Gasteiger partial charge in [0.25, 0.3) is 0 Å². The summed E-state index contributed by atoms with van der Waals surface area (Å²) in [5.41, 5.74) is 3.10. The lowest BCUT2D eigenvalue weighted by atomic mass is 10.0. The zero-order valence-electron chi connectivity index (χ0n) is 8.95. The molecule has 0 unspecified atom stereocenters. The zero-order chi connectivity index (χ0) is 10.3. The molecule has 15 heavy (non-hydrogen) atoms. The first kappa shape index (κ1) is 11.0. The number of aromatic nitrogens is 1. The number of nitrogens with zero attached hydrogens (tertiary/aromatic N) is 1. The molecule has 2 rings (SSSR count). The summed E-state index contributed by atoms with van der Waals surface area (Å²) in [6.45, 7) is 4.06. The average Bonchev–Trinajstić information content (AvgIpc) is 2.79. The summed E-state index contributed by atoms with van der Waals surface area (Å²) in [5.74, 6) is 0.814. The normalized spacial score (nSPS) is 18.1. The smallest absolute Gasteiger partial charge is 0.0794 e. The third-order valence-electron chi connectivity index (χ3n) is 2.82. The molecule has 0 aromatic carbocycles. The summed E-state index contributed by atoms with van der Waals surface area (Å²) >= 11 is 1.67. The molecule has 1 aromatic heterocycles. The molecule has 1 aliphatic heterocycles. The molecule has 0 aliphatic carbocycles. The van der Waals surface area contributed by atoms with Crippen molar-refractivity contribution in [2.45, 2.75) is 19.3 Å². The lowest BCUT2D eigenvalue weighted by Gasteiger charge is -2.22. The second-order valence-corrected chi connectivity index (χ2v) is 4.71. The van der Waals surface area contributed by atoms with E-state index < -0.39 is 0 Å². The van der Waals surface area contributed by atoms with Gasteiger partial charge in [0.2, 0.25) is 0 Å². The topological polar surface area (TPSA) is 34.2 Å². The summed E-state index contributed by atoms with van der Waals surface area (Å²) < 4.78 is 5.33. The van der Waals surface area contributed by atoms with E-state index in [2.05, 4.69) is 15.7 Å². The molecule has 1 aromatic rings. The molecule has 4 heteroatoms. The fourth-order valence-corrected chi connectivity index (χ4v) is 2.43. The largest absolute Gasteiger partial charge is 0.381 e. The van der Waals surface area contributed by atoms with Gasteiger partial charge in [-0.05, 0) is 25.3 Å². The van der Waals surface area contributed by atoms with Crippen molar-refractivity contribution in [2.75, 3.05) is 26.3 Å². The van der Waals surface area contributed by atoms with Crippen LogP contribution in [-0.2, 0) is 11.2 Å². The molecule has 0 atom stereocenters. The molecule has 3 nitrogen and oxygen atoms in total. The van der Waals surface area contributed by atoms with Crippen LogP contribution in [0.2, 0.25) is 0 Å². The van der Waals surface area contributed by atoms with Crippen molar-refractivity contribution in [3.05, 3.63) is 16.6 Å². The molecule has 0 radical (unpaired) electrons. The molecule has 1 fully saturated rings. The van der Waals surface area contributed by atoms with Crippen molar-refractivity contribution in [1.82, 2.24) is 10.3 Å². The minimum Gasteiger partial charge on any atom is -0.381 e. The van der Waals surface area contributed by atoms with Crippen LogP contribution in [0.3, 0.4) is 0 Å². The highest BCUT2D eigenvalue weighted by Crippen LogP contribution is 2.13. The fourth-order valence-electron chi connectivity index (χ4n) is 1.83. The molecule has 84 valence electrons. The molecule has 0 saturated carbocycles. The van der Waals surface area contributed by atoms with Gasteiger partial charge in [-0.2, -0.15) is 0 Å². The highest BCUT2D eigenvalue weighted by atomic mass is 32.1. The summed E-state index contributed by atoms with van der Waals surface area (Å²) in [7, 11) is 0. The van der Waals surface area contributed by atoms with Gasteiger partial charge in [-0.15, -0.1) is 11.3 Å². The molecule has 2 heterocycles. The predicted molar refractivity (Wildman–Crippen MR) is 62.2 cm³/mol. The van der Waals surface area contributed by atoms with Crippen LogP contribution in [0.5, 0.6) is 0 Å². The Morgan fingerprint density at radius 1 is 1.47 bits per heavy atom. The monoisotopic (exact) mass is 226 g/mol. The van der Waals surface area contributed by atoms with Crippen LogP contribution in [0, 0.1) is 5.92 Å². The predicted octanol–water partition coefficient (Wildman–Crippen LogP) is 1.70. The number of hydrogen-bond acceptors (Lipinski definition) is 4. The van der Waals surface area contributed by atoms with E-state index in [0.717, 1.165) is 38.6 Å². The van der Waals surface area contributed by atoms with Crippen molar-refractivity contribution >= 4 is 11.3 Å². The first-order valence-electron chi connectivity index (χ1n) is 5.60. The third-order valence-corrected chi connectivity index (χ3v) is 3.45. The maximum Gasteiger partial charge on any atom is 0.0794 e. The van der Waals surface area contributed by atoms with Gasteiger partial charge in [-0.1, -0.05) is 0 Å². The number of hydrogen-bond donors (Lipinski definition) is 1. The van der Waals surface area contributed by atoms with Crippen LogP contribution in [0.15, 0.2) is 10.9 Å². The fraction of sp³-hybridized carbons (Fsp3) is 0.727. The molecule has 1 saturated heterocycles. The Bertz CT molecular complexity index is 258. The van der Waals surface area contributed by atoms with Crippen LogP contribution in [0.25, 0.3) is 0 Å². The van der Waals surface area contributed by atoms with Crippen LogP contribution in [0.1, 0.15) is 18.5 Å². The van der Waals surface area contributed by atoms with Crippen LogP contribution in [0.4, 0.5) is 0 Å². The highest BCUT2D eigenvalue weighted by molar-refractivity contribution is 7.07. The van der Waals surface area contributed by atoms with E-state index in [4.69, 9.17) is 4.74 Å². The minimum absolute atomic E-state index is 0.814. The van der Waals surface area contributed by atoms with Crippen LogP contribution < -0.4 is 5.32 Å². The second-order valence-electron chi connectivity index (χ2n) is 3.99. The Balaban J connectivity index is 1.54. The highest BCUT2D eigenvalue weighted by Gasteiger charge is 2.12. The first-order valence-corrected chi connectivity index (χ1v) is 6.55. The lowest BCUT2D eigenvalue weighted by Crippen LogP contribution is -2.29. The maximum atomic E-state index is 5.33. The molecule has 0 amide bonds. The Morgan fingerprint density at radius 2 is 2.33 bits per heavy atom. The van der Waals surface area contributed by atoms with Crippen LogP contribution in [-0.4, -0.2) is 31.3 Å². The van der Waals surface area contributed by atoms with Gasteiger partial charge in [0.1, 0.15) is 0 Å². The summed E-state index contributed by atoms with van der Waals surface area (Å²) in [6, 6.07) is 0. The molecule has 0 spiro atoms. The van der Waals surface area contributed by atoms with Gasteiger partial charge < -0.3 is 10.1 Å². The third kappa shape index (κ3) is 3.89. The second kappa shape index (κ2) is 6.20. The molecule has 1 N–H and O–H groups in total. The molecular formula is C11H18N2OS. The van der Waals surface area contributed by atoms with Gasteiger partial charge in [0.15, 0.2) is 0 Å². The van der Waals surface area contributed by atoms with E-state index in [-0.39, 0.29) is 0 Å². The molecule has 0 bridgehead atoms. The number of rotatable bonds is 5. The van der Waals surface area contributed by atoms with Gasteiger partial charge in [-0.25, -0.2) is 4.98 Å². The van der Waals surface area contributed by atoms with Gasteiger partial charge in [-0.3, -0.25) is 0 Å². The summed E-state index contributed by atoms with van der Waals surface area (Å²) in [6.07, 6.45) is 3.47. The maximum absolute atomic E-state index is 5.33. The van der Waals surface area contributed by atoms with E-state index in [1.807, 2.05) is 5.51 Å². The van der Waals surface area contributed by atoms with Crippen molar-refractivity contribution < 1.29 is 4.74 Å². The summed E-state index contributed by atoms with van der Waals surface area (Å²) in [4.78, 5) is 4.26. The van der Waals surface area contributed by atoms with Gasteiger partial charge >= 0.3 is 0 Å². The van der Waals surface area contributed by atoms with Crippen molar-refractivity contribution in [1.29, 1.82) is 0 Å². The Hall–Kier alpha value is -0.450. The van der Waals surface area contributed by atoms with Crippen LogP contribution >= 0.6 is 11.3 Å².